The first-order valence-corrected chi connectivity index (χ1v) is 5.15. The number of pyridine rings is 1. The number of carbonyl (C=O) groups is 2. The minimum absolute atomic E-state index is 0.157. The van der Waals surface area contributed by atoms with Crippen molar-refractivity contribution in [1.82, 2.24) is 4.98 Å². The molecule has 0 unspecified atom stereocenters. The summed E-state index contributed by atoms with van der Waals surface area (Å²) in [5.74, 6) is -1.65. The molecule has 0 atom stereocenters. The van der Waals surface area contributed by atoms with Gasteiger partial charge in [0, 0.05) is 17.1 Å². The Morgan fingerprint density at radius 2 is 2.00 bits per heavy atom. The van der Waals surface area contributed by atoms with Crippen LogP contribution in [-0.2, 0) is 9.53 Å². The lowest BCUT2D eigenvalue weighted by Crippen LogP contribution is -2.24. The second kappa shape index (κ2) is 4.70. The van der Waals surface area contributed by atoms with Gasteiger partial charge in [-0.25, -0.2) is 4.79 Å². The molecule has 0 radical (unpaired) electrons. The van der Waals surface area contributed by atoms with Gasteiger partial charge in [0.2, 0.25) is 5.43 Å². The van der Waals surface area contributed by atoms with E-state index in [2.05, 4.69) is 9.72 Å². The molecule has 0 saturated heterocycles. The lowest BCUT2D eigenvalue weighted by Gasteiger charge is -2.03. The molecule has 6 heteroatoms. The van der Waals surface area contributed by atoms with Crippen LogP contribution < -0.4 is 11.2 Å². The largest absolute Gasteiger partial charge is 0.452 e. The second-order valence-electron chi connectivity index (χ2n) is 3.62. The molecule has 0 spiro atoms. The Kier molecular flexibility index (Phi) is 3.09. The average Bonchev–Trinajstić information content (AvgIpc) is 2.37. The Bertz CT molecular complexity index is 675. The van der Waals surface area contributed by atoms with Gasteiger partial charge in [0.1, 0.15) is 5.56 Å². The molecular formula is C12H10N2O4. The highest BCUT2D eigenvalue weighted by atomic mass is 16.5. The second-order valence-corrected chi connectivity index (χ2v) is 3.62. The van der Waals surface area contributed by atoms with Crippen LogP contribution in [0.1, 0.15) is 10.4 Å². The van der Waals surface area contributed by atoms with Crippen molar-refractivity contribution in [3.8, 4) is 0 Å². The highest BCUT2D eigenvalue weighted by molar-refractivity contribution is 5.94. The molecule has 2 aromatic rings. The number of hydrogen-bond acceptors (Lipinski definition) is 4. The minimum atomic E-state index is -0.874. The highest BCUT2D eigenvalue weighted by Crippen LogP contribution is 2.07. The van der Waals surface area contributed by atoms with Crippen molar-refractivity contribution in [1.29, 1.82) is 0 Å². The van der Waals surface area contributed by atoms with Crippen LogP contribution in [0.4, 0.5) is 0 Å². The van der Waals surface area contributed by atoms with Gasteiger partial charge in [-0.1, -0.05) is 12.1 Å². The number of hydrogen-bond donors (Lipinski definition) is 2. The van der Waals surface area contributed by atoms with E-state index in [1.165, 1.54) is 6.20 Å². The van der Waals surface area contributed by atoms with E-state index < -0.39 is 23.9 Å². The maximum Gasteiger partial charge on any atom is 0.344 e. The standard InChI is InChI=1S/C12H10N2O4/c13-10(15)6-18-12(17)8-5-14-9-4-2-1-3-7(9)11(8)16/h1-5H,6H2,(H2,13,15)(H,14,16). The van der Waals surface area contributed by atoms with Crippen molar-refractivity contribution in [3.63, 3.8) is 0 Å². The molecule has 6 nitrogen and oxygen atoms in total. The van der Waals surface area contributed by atoms with Crippen molar-refractivity contribution in [2.24, 2.45) is 5.73 Å². The Hall–Kier alpha value is -2.63. The summed E-state index contributed by atoms with van der Waals surface area (Å²) in [6.07, 6.45) is 1.26. The van der Waals surface area contributed by atoms with Crippen LogP contribution in [0.3, 0.4) is 0 Å². The van der Waals surface area contributed by atoms with E-state index in [0.717, 1.165) is 0 Å². The summed E-state index contributed by atoms with van der Waals surface area (Å²) in [5, 5.41) is 0.381. The van der Waals surface area contributed by atoms with E-state index in [4.69, 9.17) is 5.73 Å². The fourth-order valence-corrected chi connectivity index (χ4v) is 1.53. The number of para-hydroxylation sites is 1. The van der Waals surface area contributed by atoms with E-state index >= 15 is 0 Å². The van der Waals surface area contributed by atoms with Gasteiger partial charge in [-0.05, 0) is 12.1 Å². The summed E-state index contributed by atoms with van der Waals surface area (Å²) in [6, 6.07) is 6.77. The van der Waals surface area contributed by atoms with Crippen LogP contribution in [0.15, 0.2) is 35.3 Å². The number of aromatic nitrogens is 1. The molecule has 92 valence electrons. The van der Waals surface area contributed by atoms with Gasteiger partial charge < -0.3 is 15.5 Å². The van der Waals surface area contributed by atoms with Crippen molar-refractivity contribution in [2.45, 2.75) is 0 Å². The molecule has 0 bridgehead atoms. The molecule has 1 heterocycles. The number of esters is 1. The van der Waals surface area contributed by atoms with Crippen LogP contribution >= 0.6 is 0 Å². The van der Waals surface area contributed by atoms with Crippen molar-refractivity contribution in [2.75, 3.05) is 6.61 Å². The zero-order valence-electron chi connectivity index (χ0n) is 9.30. The normalized spacial score (nSPS) is 10.2. The number of fused-ring (bicyclic) bond motifs is 1. The van der Waals surface area contributed by atoms with Crippen LogP contribution in [0.25, 0.3) is 10.9 Å². The van der Waals surface area contributed by atoms with Gasteiger partial charge in [0.15, 0.2) is 6.61 Å². The number of nitrogens with one attached hydrogen (secondary N) is 1. The third-order valence-corrected chi connectivity index (χ3v) is 2.35. The smallest absolute Gasteiger partial charge is 0.344 e. The molecule has 0 saturated carbocycles. The molecule has 1 aromatic carbocycles. The number of ether oxygens (including phenoxy) is 1. The quantitative estimate of drug-likeness (QED) is 0.753. The van der Waals surface area contributed by atoms with E-state index in [1.54, 1.807) is 24.3 Å². The Morgan fingerprint density at radius 1 is 1.28 bits per heavy atom. The lowest BCUT2D eigenvalue weighted by molar-refractivity contribution is -0.121. The minimum Gasteiger partial charge on any atom is -0.452 e. The lowest BCUT2D eigenvalue weighted by atomic mass is 10.1. The molecule has 1 amide bonds. The Labute approximate surface area is 101 Å². The molecule has 0 aliphatic rings. The van der Waals surface area contributed by atoms with E-state index in [9.17, 15) is 14.4 Å². The number of benzene rings is 1. The molecule has 0 aliphatic carbocycles. The van der Waals surface area contributed by atoms with E-state index in [-0.39, 0.29) is 5.56 Å². The number of H-pyrrole nitrogens is 1. The van der Waals surface area contributed by atoms with Gasteiger partial charge in [-0.15, -0.1) is 0 Å². The maximum absolute atomic E-state index is 12.0. The van der Waals surface area contributed by atoms with Gasteiger partial charge >= 0.3 is 5.97 Å². The molecule has 0 fully saturated rings. The topological polar surface area (TPSA) is 102 Å². The number of nitrogens with two attached hydrogens (primary N) is 1. The van der Waals surface area contributed by atoms with E-state index in [0.29, 0.717) is 10.9 Å². The number of rotatable bonds is 3. The molecule has 1 aromatic heterocycles. The van der Waals surface area contributed by atoms with Crippen molar-refractivity contribution < 1.29 is 14.3 Å². The van der Waals surface area contributed by atoms with Crippen LogP contribution in [-0.4, -0.2) is 23.5 Å². The first-order chi connectivity index (χ1) is 8.59. The predicted molar refractivity (Wildman–Crippen MR) is 64.0 cm³/mol. The molecule has 3 N–H and O–H groups in total. The van der Waals surface area contributed by atoms with Crippen molar-refractivity contribution in [3.05, 3.63) is 46.2 Å². The number of amides is 1. The first kappa shape index (κ1) is 11.8. The summed E-state index contributed by atoms with van der Waals surface area (Å²) in [6.45, 7) is -0.550. The SMILES string of the molecule is NC(=O)COC(=O)c1c[nH]c2ccccc2c1=O. The highest BCUT2D eigenvalue weighted by Gasteiger charge is 2.14. The Morgan fingerprint density at radius 3 is 2.72 bits per heavy atom. The first-order valence-electron chi connectivity index (χ1n) is 5.15. The zero-order chi connectivity index (χ0) is 13.1. The predicted octanol–water partition coefficient (Wildman–Crippen LogP) is 0.170. The van der Waals surface area contributed by atoms with Crippen LogP contribution in [0.5, 0.6) is 0 Å². The van der Waals surface area contributed by atoms with Gasteiger partial charge in [-0.2, -0.15) is 0 Å². The zero-order valence-corrected chi connectivity index (χ0v) is 9.30. The molecule has 0 aliphatic heterocycles. The number of primary amides is 1. The third-order valence-electron chi connectivity index (χ3n) is 2.35. The summed E-state index contributed by atoms with van der Waals surface area (Å²) in [7, 11) is 0. The van der Waals surface area contributed by atoms with Gasteiger partial charge in [-0.3, -0.25) is 9.59 Å². The molecule has 18 heavy (non-hydrogen) atoms. The fourth-order valence-electron chi connectivity index (χ4n) is 1.53. The van der Waals surface area contributed by atoms with Gasteiger partial charge in [0.25, 0.3) is 5.91 Å². The molecule has 2 rings (SSSR count). The van der Waals surface area contributed by atoms with Crippen LogP contribution in [0.2, 0.25) is 0 Å². The number of carbonyl (C=O) groups excluding carboxylic acids is 2. The summed E-state index contributed by atoms with van der Waals surface area (Å²) < 4.78 is 4.59. The summed E-state index contributed by atoms with van der Waals surface area (Å²) >= 11 is 0. The van der Waals surface area contributed by atoms with Gasteiger partial charge in [0.05, 0.1) is 0 Å². The maximum atomic E-state index is 12.0. The van der Waals surface area contributed by atoms with Crippen LogP contribution in [0, 0.1) is 0 Å². The Balaban J connectivity index is 2.40. The monoisotopic (exact) mass is 246 g/mol. The average molecular weight is 246 g/mol. The fraction of sp³-hybridized carbons (Fsp3) is 0.0833. The number of aromatic amines is 1. The van der Waals surface area contributed by atoms with E-state index in [1.807, 2.05) is 0 Å². The molecular weight excluding hydrogens is 236 g/mol. The van der Waals surface area contributed by atoms with Crippen molar-refractivity contribution >= 4 is 22.8 Å². The summed E-state index contributed by atoms with van der Waals surface area (Å²) in [4.78, 5) is 36.8. The third kappa shape index (κ3) is 2.22. The summed E-state index contributed by atoms with van der Waals surface area (Å²) in [5.41, 5.74) is 4.86.